The molecule has 1 atom stereocenters. The highest BCUT2D eigenvalue weighted by Crippen LogP contribution is 2.23. The monoisotopic (exact) mass is 267 g/mol. The van der Waals surface area contributed by atoms with Crippen LogP contribution in [0, 0.1) is 13.8 Å². The molecule has 5 heteroatoms. The van der Waals surface area contributed by atoms with Gasteiger partial charge < -0.3 is 5.73 Å². The van der Waals surface area contributed by atoms with Gasteiger partial charge >= 0.3 is 0 Å². The number of nitrogens with zero attached hydrogens (tertiary/aromatic N) is 4. The van der Waals surface area contributed by atoms with E-state index in [-0.39, 0.29) is 5.92 Å². The van der Waals surface area contributed by atoms with Gasteiger partial charge in [0.25, 0.3) is 5.78 Å². The van der Waals surface area contributed by atoms with E-state index < -0.39 is 0 Å². The van der Waals surface area contributed by atoms with Crippen LogP contribution in [0.4, 0.5) is 0 Å². The Morgan fingerprint density at radius 1 is 1.15 bits per heavy atom. The van der Waals surface area contributed by atoms with Crippen LogP contribution < -0.4 is 5.73 Å². The molecule has 1 aromatic carbocycles. The van der Waals surface area contributed by atoms with E-state index in [2.05, 4.69) is 27.3 Å². The van der Waals surface area contributed by atoms with E-state index >= 15 is 0 Å². The highest BCUT2D eigenvalue weighted by Gasteiger charge is 2.20. The Morgan fingerprint density at radius 2 is 1.90 bits per heavy atom. The maximum atomic E-state index is 5.97. The number of aryl methyl sites for hydroxylation is 2. The molecule has 0 fully saturated rings. The molecule has 5 nitrogen and oxygen atoms in total. The smallest absolute Gasteiger partial charge is 0.255 e. The highest BCUT2D eigenvalue weighted by atomic mass is 15.3. The fraction of sp³-hybridized carbons (Fsp3) is 0.267. The van der Waals surface area contributed by atoms with Gasteiger partial charge in [-0.15, -0.1) is 10.2 Å². The quantitative estimate of drug-likeness (QED) is 0.786. The molecule has 0 aliphatic carbocycles. The summed E-state index contributed by atoms with van der Waals surface area (Å²) in [4.78, 5) is 4.42. The first kappa shape index (κ1) is 12.7. The van der Waals surface area contributed by atoms with Crippen LogP contribution in [0.5, 0.6) is 0 Å². The molecule has 2 N–H and O–H groups in total. The van der Waals surface area contributed by atoms with E-state index in [0.29, 0.717) is 12.3 Å². The fourth-order valence-corrected chi connectivity index (χ4v) is 2.56. The molecule has 3 aromatic rings. The molecule has 0 radical (unpaired) electrons. The Balaban J connectivity index is 2.18. The topological polar surface area (TPSA) is 69.1 Å². The van der Waals surface area contributed by atoms with Crippen LogP contribution >= 0.6 is 0 Å². The van der Waals surface area contributed by atoms with Crippen LogP contribution in [-0.2, 0) is 0 Å². The van der Waals surface area contributed by atoms with Gasteiger partial charge in [-0.2, -0.15) is 0 Å². The third-order valence-electron chi connectivity index (χ3n) is 3.47. The molecule has 0 aliphatic heterocycles. The summed E-state index contributed by atoms with van der Waals surface area (Å²) >= 11 is 0. The van der Waals surface area contributed by atoms with Gasteiger partial charge in [0.15, 0.2) is 0 Å². The molecule has 0 spiro atoms. The van der Waals surface area contributed by atoms with Crippen LogP contribution in [0.2, 0.25) is 0 Å². The van der Waals surface area contributed by atoms with Crippen molar-refractivity contribution in [1.29, 1.82) is 0 Å². The SMILES string of the molecule is Cc1cc(C)n2c(C(CN)c3ccccc3)nnc2n1. The molecular formula is C15H17N5. The molecule has 20 heavy (non-hydrogen) atoms. The van der Waals surface area contributed by atoms with E-state index in [4.69, 9.17) is 5.73 Å². The molecule has 0 aliphatic rings. The summed E-state index contributed by atoms with van der Waals surface area (Å²) in [5, 5.41) is 8.50. The minimum absolute atomic E-state index is 0.0226. The standard InChI is InChI=1S/C15H17N5/c1-10-8-11(2)20-14(18-19-15(20)17-10)13(9-16)12-6-4-3-5-7-12/h3-8,13H,9,16H2,1-2H3. The van der Waals surface area contributed by atoms with Crippen molar-refractivity contribution in [2.45, 2.75) is 19.8 Å². The number of hydrogen-bond acceptors (Lipinski definition) is 4. The predicted octanol–water partition coefficient (Wildman–Crippen LogP) is 1.83. The second-order valence-electron chi connectivity index (χ2n) is 4.93. The molecule has 0 saturated heterocycles. The summed E-state index contributed by atoms with van der Waals surface area (Å²) in [6, 6.07) is 12.2. The van der Waals surface area contributed by atoms with E-state index in [1.807, 2.05) is 42.5 Å². The molecule has 0 bridgehead atoms. The van der Waals surface area contributed by atoms with E-state index in [9.17, 15) is 0 Å². The molecule has 2 heterocycles. The van der Waals surface area contributed by atoms with Gasteiger partial charge in [-0.25, -0.2) is 4.98 Å². The van der Waals surface area contributed by atoms with Crippen LogP contribution in [0.3, 0.4) is 0 Å². The Bertz CT molecular complexity index is 733. The van der Waals surface area contributed by atoms with Gasteiger partial charge in [0, 0.05) is 17.9 Å². The average Bonchev–Trinajstić information content (AvgIpc) is 2.85. The summed E-state index contributed by atoms with van der Waals surface area (Å²) in [6.07, 6.45) is 0. The number of benzene rings is 1. The third-order valence-corrected chi connectivity index (χ3v) is 3.47. The Labute approximate surface area is 117 Å². The predicted molar refractivity (Wildman–Crippen MR) is 77.6 cm³/mol. The minimum Gasteiger partial charge on any atom is -0.329 e. The van der Waals surface area contributed by atoms with Crippen molar-refractivity contribution in [2.24, 2.45) is 5.73 Å². The minimum atomic E-state index is 0.0226. The van der Waals surface area contributed by atoms with Crippen LogP contribution in [0.1, 0.15) is 28.7 Å². The number of fused-ring (bicyclic) bond motifs is 1. The summed E-state index contributed by atoms with van der Waals surface area (Å²) in [5.41, 5.74) is 9.12. The average molecular weight is 267 g/mol. The first-order valence-corrected chi connectivity index (χ1v) is 6.65. The molecule has 0 amide bonds. The summed E-state index contributed by atoms with van der Waals surface area (Å²) < 4.78 is 1.98. The van der Waals surface area contributed by atoms with E-state index in [0.717, 1.165) is 22.8 Å². The lowest BCUT2D eigenvalue weighted by Gasteiger charge is -2.14. The van der Waals surface area contributed by atoms with Crippen LogP contribution in [0.25, 0.3) is 5.78 Å². The first-order valence-electron chi connectivity index (χ1n) is 6.65. The Hall–Kier alpha value is -2.27. The van der Waals surface area contributed by atoms with Crippen molar-refractivity contribution in [3.63, 3.8) is 0 Å². The normalized spacial score (nSPS) is 12.8. The maximum absolute atomic E-state index is 5.97. The molecule has 3 rings (SSSR count). The number of rotatable bonds is 3. The van der Waals surface area contributed by atoms with Gasteiger partial charge in [0.2, 0.25) is 0 Å². The van der Waals surface area contributed by atoms with Crippen LogP contribution in [-0.4, -0.2) is 26.1 Å². The summed E-state index contributed by atoms with van der Waals surface area (Å²) in [6.45, 7) is 4.48. The molecule has 0 saturated carbocycles. The first-order chi connectivity index (χ1) is 9.70. The van der Waals surface area contributed by atoms with Gasteiger partial charge in [-0.05, 0) is 25.5 Å². The van der Waals surface area contributed by atoms with Crippen molar-refractivity contribution in [2.75, 3.05) is 6.54 Å². The summed E-state index contributed by atoms with van der Waals surface area (Å²) in [7, 11) is 0. The van der Waals surface area contributed by atoms with Crippen molar-refractivity contribution in [1.82, 2.24) is 19.6 Å². The molecule has 1 unspecified atom stereocenters. The molecular weight excluding hydrogens is 250 g/mol. The zero-order valence-corrected chi connectivity index (χ0v) is 11.6. The van der Waals surface area contributed by atoms with Gasteiger partial charge in [-0.1, -0.05) is 30.3 Å². The Kier molecular flexibility index (Phi) is 3.20. The number of aromatic nitrogens is 4. The van der Waals surface area contributed by atoms with E-state index in [1.165, 1.54) is 0 Å². The van der Waals surface area contributed by atoms with Crippen molar-refractivity contribution in [3.05, 3.63) is 59.2 Å². The largest absolute Gasteiger partial charge is 0.329 e. The van der Waals surface area contributed by atoms with Crippen molar-refractivity contribution in [3.8, 4) is 0 Å². The van der Waals surface area contributed by atoms with Crippen LogP contribution in [0.15, 0.2) is 36.4 Å². The second-order valence-corrected chi connectivity index (χ2v) is 4.93. The second kappa shape index (κ2) is 5.02. The maximum Gasteiger partial charge on any atom is 0.255 e. The molecule has 102 valence electrons. The van der Waals surface area contributed by atoms with E-state index in [1.54, 1.807) is 0 Å². The number of hydrogen-bond donors (Lipinski definition) is 1. The number of nitrogens with two attached hydrogens (primary N) is 1. The zero-order valence-electron chi connectivity index (χ0n) is 11.6. The van der Waals surface area contributed by atoms with Crippen molar-refractivity contribution >= 4 is 5.78 Å². The van der Waals surface area contributed by atoms with Gasteiger partial charge in [-0.3, -0.25) is 4.40 Å². The van der Waals surface area contributed by atoms with Crippen molar-refractivity contribution < 1.29 is 0 Å². The lowest BCUT2D eigenvalue weighted by Crippen LogP contribution is -2.17. The lowest BCUT2D eigenvalue weighted by atomic mass is 9.98. The van der Waals surface area contributed by atoms with Gasteiger partial charge in [0.05, 0.1) is 5.92 Å². The fourth-order valence-electron chi connectivity index (χ4n) is 2.56. The molecule has 2 aromatic heterocycles. The van der Waals surface area contributed by atoms with Gasteiger partial charge in [0.1, 0.15) is 5.82 Å². The summed E-state index contributed by atoms with van der Waals surface area (Å²) in [5.74, 6) is 1.50. The third kappa shape index (κ3) is 2.06. The zero-order chi connectivity index (χ0) is 14.1. The Morgan fingerprint density at radius 3 is 2.60 bits per heavy atom. The lowest BCUT2D eigenvalue weighted by molar-refractivity contribution is 0.731. The highest BCUT2D eigenvalue weighted by molar-refractivity contribution is 5.36.